The average molecular weight is 495 g/mol. The predicted molar refractivity (Wildman–Crippen MR) is 153 cm³/mol. The van der Waals surface area contributed by atoms with Gasteiger partial charge in [-0.25, -0.2) is 14.5 Å². The Labute approximate surface area is 220 Å². The smallest absolute Gasteiger partial charge is 0.158 e. The highest BCUT2D eigenvalue weighted by Crippen LogP contribution is 2.30. The molecule has 0 saturated carbocycles. The maximum absolute atomic E-state index is 4.52. The zero-order chi connectivity index (χ0) is 26.4. The lowest BCUT2D eigenvalue weighted by Gasteiger charge is -2.28. The molecule has 0 radical (unpaired) electrons. The summed E-state index contributed by atoms with van der Waals surface area (Å²) in [6, 6.07) is 8.65. The third-order valence-electron chi connectivity index (χ3n) is 6.69. The Morgan fingerprint density at radius 1 is 0.757 bits per heavy atom. The van der Waals surface area contributed by atoms with Crippen LogP contribution < -0.4 is 0 Å². The van der Waals surface area contributed by atoms with Gasteiger partial charge in [0.2, 0.25) is 0 Å². The summed E-state index contributed by atoms with van der Waals surface area (Å²) in [4.78, 5) is 13.0. The van der Waals surface area contributed by atoms with E-state index in [9.17, 15) is 0 Å². The molecule has 192 valence electrons. The van der Waals surface area contributed by atoms with Crippen LogP contribution in [0.4, 0.5) is 0 Å². The molecule has 0 amide bonds. The zero-order valence-electron chi connectivity index (χ0n) is 22.7. The molecule has 0 aromatic carbocycles. The van der Waals surface area contributed by atoms with Gasteiger partial charge in [0.1, 0.15) is 12.0 Å². The number of rotatable bonds is 3. The van der Waals surface area contributed by atoms with Crippen molar-refractivity contribution < 1.29 is 0 Å². The molecule has 2 unspecified atom stereocenters. The van der Waals surface area contributed by atoms with Crippen molar-refractivity contribution in [3.8, 4) is 0 Å². The molecule has 0 fully saturated rings. The number of aromatic nitrogens is 5. The minimum atomic E-state index is 0.370. The van der Waals surface area contributed by atoms with Crippen LogP contribution in [-0.2, 0) is 0 Å². The minimum absolute atomic E-state index is 0.370. The van der Waals surface area contributed by atoms with E-state index in [4.69, 9.17) is 0 Å². The van der Waals surface area contributed by atoms with E-state index < -0.39 is 0 Å². The first-order chi connectivity index (χ1) is 17.9. The van der Waals surface area contributed by atoms with Gasteiger partial charge in [0.25, 0.3) is 0 Å². The molecule has 0 bridgehead atoms. The summed E-state index contributed by atoms with van der Waals surface area (Å²) >= 11 is 0. The zero-order valence-corrected chi connectivity index (χ0v) is 22.7. The van der Waals surface area contributed by atoms with Crippen molar-refractivity contribution in [3.63, 3.8) is 0 Å². The number of dihydropyridines is 1. The average Bonchev–Trinajstić information content (AvgIpc) is 3.58. The van der Waals surface area contributed by atoms with Gasteiger partial charge >= 0.3 is 0 Å². The molecular formula is C31H38N6. The van der Waals surface area contributed by atoms with Gasteiger partial charge < -0.3 is 4.40 Å². The first-order valence-corrected chi connectivity index (χ1v) is 13.1. The van der Waals surface area contributed by atoms with E-state index in [1.54, 1.807) is 10.8 Å². The fraction of sp³-hybridized carbons (Fsp3) is 0.355. The van der Waals surface area contributed by atoms with Crippen molar-refractivity contribution in [1.82, 2.24) is 24.0 Å². The van der Waals surface area contributed by atoms with E-state index in [1.807, 2.05) is 43.1 Å². The number of hydrogen-bond donors (Lipinski definition) is 0. The van der Waals surface area contributed by atoms with Gasteiger partial charge in [0.05, 0.1) is 6.04 Å². The molecule has 0 N–H and O–H groups in total. The number of imidazole rings is 1. The molecule has 4 aromatic rings. The van der Waals surface area contributed by atoms with Crippen molar-refractivity contribution in [2.24, 2.45) is 16.8 Å². The molecule has 1 aliphatic heterocycles. The Kier molecular flexibility index (Phi) is 8.49. The second-order valence-electron chi connectivity index (χ2n) is 10.3. The van der Waals surface area contributed by atoms with E-state index in [1.165, 1.54) is 16.7 Å². The number of allylic oxidation sites excluding steroid dienone is 3. The number of aliphatic imine (C=N–C) groups is 1. The van der Waals surface area contributed by atoms with Crippen molar-refractivity contribution in [1.29, 1.82) is 0 Å². The molecule has 2 aliphatic rings. The summed E-state index contributed by atoms with van der Waals surface area (Å²) < 4.78 is 3.85. The molecule has 6 heteroatoms. The quantitative estimate of drug-likeness (QED) is 0.306. The molecule has 0 spiro atoms. The van der Waals surface area contributed by atoms with Gasteiger partial charge in [-0.2, -0.15) is 5.10 Å². The Balaban J connectivity index is 0.000000130. The normalized spacial score (nSPS) is 18.0. The first-order valence-electron chi connectivity index (χ1n) is 13.1. The lowest BCUT2D eigenvalue weighted by molar-refractivity contribution is 0.575. The van der Waals surface area contributed by atoms with E-state index in [2.05, 4.69) is 109 Å². The van der Waals surface area contributed by atoms with E-state index in [-0.39, 0.29) is 0 Å². The topological polar surface area (TPSA) is 59.9 Å². The Morgan fingerprint density at radius 2 is 1.46 bits per heavy atom. The van der Waals surface area contributed by atoms with E-state index in [0.29, 0.717) is 29.7 Å². The van der Waals surface area contributed by atoms with Crippen molar-refractivity contribution in [2.75, 3.05) is 0 Å². The number of pyridine rings is 2. The molecule has 6 rings (SSSR count). The first kappa shape index (κ1) is 26.3. The molecular weight excluding hydrogens is 456 g/mol. The maximum atomic E-state index is 4.52. The fourth-order valence-corrected chi connectivity index (χ4v) is 4.67. The predicted octanol–water partition coefficient (Wildman–Crippen LogP) is 7.07. The van der Waals surface area contributed by atoms with Crippen molar-refractivity contribution in [2.45, 2.75) is 59.4 Å². The summed E-state index contributed by atoms with van der Waals surface area (Å²) in [5.41, 5.74) is 6.05. The molecule has 2 atom stereocenters. The molecule has 0 saturated heterocycles. The highest BCUT2D eigenvalue weighted by atomic mass is 15.3. The van der Waals surface area contributed by atoms with Crippen LogP contribution in [0.5, 0.6) is 0 Å². The van der Waals surface area contributed by atoms with Gasteiger partial charge in [-0.15, -0.1) is 0 Å². The SMILES string of the molecule is CC(C)C1=CC=CC2C=CC=NC12.CC(C)c1cccn2ccnc12.CC(C)c1cccn2ncnc12. The standard InChI is InChI=1S/C12H15N.C10H12N2.C9H11N3/c1-9(2)11-7-3-5-10-6-4-8-13-12(10)11;1-8(2)9-4-3-6-12-7-5-11-10(9)12;1-7(2)8-4-3-5-12-9(8)10-6-11-12/h3-10,12H,1-2H3;3-8H,1-2H3;3-7H,1-2H3. The van der Waals surface area contributed by atoms with Crippen LogP contribution in [0.3, 0.4) is 0 Å². The van der Waals surface area contributed by atoms with Crippen LogP contribution in [0.15, 0.2) is 96.3 Å². The van der Waals surface area contributed by atoms with Crippen molar-refractivity contribution in [3.05, 3.63) is 102 Å². The summed E-state index contributed by atoms with van der Waals surface area (Å²) in [7, 11) is 0. The fourth-order valence-electron chi connectivity index (χ4n) is 4.67. The number of nitrogens with zero attached hydrogens (tertiary/aromatic N) is 6. The summed E-state index contributed by atoms with van der Waals surface area (Å²) in [5.74, 6) is 2.13. The van der Waals surface area contributed by atoms with E-state index >= 15 is 0 Å². The van der Waals surface area contributed by atoms with Crippen LogP contribution in [0.1, 0.15) is 64.5 Å². The van der Waals surface area contributed by atoms with Gasteiger partial charge in [-0.05, 0) is 52.7 Å². The molecule has 1 aliphatic carbocycles. The van der Waals surface area contributed by atoms with E-state index in [0.717, 1.165) is 11.3 Å². The van der Waals surface area contributed by atoms with Crippen LogP contribution in [0.2, 0.25) is 0 Å². The van der Waals surface area contributed by atoms with Crippen LogP contribution in [-0.4, -0.2) is 36.2 Å². The summed E-state index contributed by atoms with van der Waals surface area (Å²) in [6.45, 7) is 13.1. The van der Waals surface area contributed by atoms with Gasteiger partial charge in [0, 0.05) is 36.9 Å². The third-order valence-corrected chi connectivity index (χ3v) is 6.69. The number of hydrogen-bond acceptors (Lipinski definition) is 4. The Morgan fingerprint density at radius 3 is 2.19 bits per heavy atom. The monoisotopic (exact) mass is 494 g/mol. The van der Waals surface area contributed by atoms with Crippen molar-refractivity contribution >= 4 is 17.5 Å². The maximum Gasteiger partial charge on any atom is 0.158 e. The lowest BCUT2D eigenvalue weighted by Crippen LogP contribution is -2.24. The van der Waals surface area contributed by atoms with Crippen LogP contribution in [0, 0.1) is 11.8 Å². The molecule has 6 nitrogen and oxygen atoms in total. The molecule has 5 heterocycles. The van der Waals surface area contributed by atoms with Crippen LogP contribution >= 0.6 is 0 Å². The highest BCUT2D eigenvalue weighted by Gasteiger charge is 2.25. The summed E-state index contributed by atoms with van der Waals surface area (Å²) in [6.07, 6.45) is 22.1. The van der Waals surface area contributed by atoms with Gasteiger partial charge in [-0.3, -0.25) is 4.99 Å². The summed E-state index contributed by atoms with van der Waals surface area (Å²) in [5, 5.41) is 4.07. The number of fused-ring (bicyclic) bond motifs is 3. The van der Waals surface area contributed by atoms with Gasteiger partial charge in [0.15, 0.2) is 5.65 Å². The minimum Gasteiger partial charge on any atom is -0.307 e. The lowest BCUT2D eigenvalue weighted by atomic mass is 9.82. The second kappa shape index (κ2) is 12.0. The third kappa shape index (κ3) is 6.13. The highest BCUT2D eigenvalue weighted by molar-refractivity contribution is 5.73. The second-order valence-corrected chi connectivity index (χ2v) is 10.3. The Hall–Kier alpha value is -3.80. The largest absolute Gasteiger partial charge is 0.307 e. The molecule has 4 aromatic heterocycles. The Bertz CT molecular complexity index is 1350. The molecule has 37 heavy (non-hydrogen) atoms. The van der Waals surface area contributed by atoms with Gasteiger partial charge in [-0.1, -0.05) is 78.0 Å². The van der Waals surface area contributed by atoms with Crippen LogP contribution in [0.25, 0.3) is 11.3 Å².